The van der Waals surface area contributed by atoms with Gasteiger partial charge in [0.25, 0.3) is 0 Å². The van der Waals surface area contributed by atoms with Gasteiger partial charge in [-0.3, -0.25) is 4.98 Å². The lowest BCUT2D eigenvalue weighted by Crippen LogP contribution is -2.36. The molecule has 0 aromatic carbocycles. The van der Waals surface area contributed by atoms with Crippen molar-refractivity contribution in [2.24, 2.45) is 0 Å². The maximum atomic E-state index is 12.6. The van der Waals surface area contributed by atoms with Gasteiger partial charge in [0.05, 0.1) is 5.69 Å². The first-order valence-electron chi connectivity index (χ1n) is 7.12. The molecular formula is C15H24F3N3. The standard InChI is InChI=1S/C15H24F3N3/c1-5-8-21(11-15(16,17)18)13-6-7-19-12(9-13)10-20-14(2,3)4/h6-7,9,20H,5,8,10-11H2,1-4H3. The summed E-state index contributed by atoms with van der Waals surface area (Å²) in [5.74, 6) is 0. The van der Waals surface area contributed by atoms with Crippen LogP contribution in [0.4, 0.5) is 18.9 Å². The summed E-state index contributed by atoms with van der Waals surface area (Å²) in [5.41, 5.74) is 1.24. The number of hydrogen-bond acceptors (Lipinski definition) is 3. The average Bonchev–Trinajstić information content (AvgIpc) is 2.34. The van der Waals surface area contributed by atoms with Crippen LogP contribution in [0.5, 0.6) is 0 Å². The molecule has 0 unspecified atom stereocenters. The minimum Gasteiger partial charge on any atom is -0.362 e. The van der Waals surface area contributed by atoms with E-state index in [9.17, 15) is 13.2 Å². The Balaban J connectivity index is 2.84. The smallest absolute Gasteiger partial charge is 0.362 e. The fourth-order valence-electron chi connectivity index (χ4n) is 1.90. The fourth-order valence-corrected chi connectivity index (χ4v) is 1.90. The van der Waals surface area contributed by atoms with Crippen LogP contribution in [0.25, 0.3) is 0 Å². The number of pyridine rings is 1. The molecule has 1 aromatic heterocycles. The Morgan fingerprint density at radius 2 is 1.90 bits per heavy atom. The molecule has 120 valence electrons. The van der Waals surface area contributed by atoms with Crippen molar-refractivity contribution >= 4 is 5.69 Å². The van der Waals surface area contributed by atoms with E-state index in [1.807, 2.05) is 27.7 Å². The summed E-state index contributed by atoms with van der Waals surface area (Å²) in [6.07, 6.45) is -1.98. The molecule has 0 saturated heterocycles. The Labute approximate surface area is 124 Å². The lowest BCUT2D eigenvalue weighted by molar-refractivity contribution is -0.119. The maximum absolute atomic E-state index is 12.6. The number of halogens is 3. The van der Waals surface area contributed by atoms with Crippen molar-refractivity contribution in [2.75, 3.05) is 18.0 Å². The van der Waals surface area contributed by atoms with E-state index in [2.05, 4.69) is 10.3 Å². The first-order chi connectivity index (χ1) is 9.61. The van der Waals surface area contributed by atoms with Crippen LogP contribution >= 0.6 is 0 Å². The van der Waals surface area contributed by atoms with Crippen molar-refractivity contribution in [3.8, 4) is 0 Å². The number of nitrogens with one attached hydrogen (secondary N) is 1. The second-order valence-corrected chi connectivity index (χ2v) is 6.15. The average molecular weight is 303 g/mol. The summed E-state index contributed by atoms with van der Waals surface area (Å²) in [4.78, 5) is 5.56. The summed E-state index contributed by atoms with van der Waals surface area (Å²) < 4.78 is 37.9. The lowest BCUT2D eigenvalue weighted by atomic mass is 10.1. The Morgan fingerprint density at radius 3 is 2.43 bits per heavy atom. The van der Waals surface area contributed by atoms with Gasteiger partial charge in [0, 0.05) is 30.5 Å². The number of nitrogens with zero attached hydrogens (tertiary/aromatic N) is 2. The van der Waals surface area contributed by atoms with Crippen LogP contribution in [-0.4, -0.2) is 29.8 Å². The van der Waals surface area contributed by atoms with Gasteiger partial charge in [-0.2, -0.15) is 13.2 Å². The third-order valence-electron chi connectivity index (χ3n) is 2.83. The van der Waals surface area contributed by atoms with Crippen LogP contribution < -0.4 is 10.2 Å². The summed E-state index contributed by atoms with van der Waals surface area (Å²) in [6.45, 7) is 7.93. The lowest BCUT2D eigenvalue weighted by Gasteiger charge is -2.26. The second kappa shape index (κ2) is 7.11. The third kappa shape index (κ3) is 7.32. The van der Waals surface area contributed by atoms with E-state index in [0.29, 0.717) is 25.2 Å². The van der Waals surface area contributed by atoms with Crippen molar-refractivity contribution in [3.05, 3.63) is 24.0 Å². The Hall–Kier alpha value is -1.30. The highest BCUT2D eigenvalue weighted by Gasteiger charge is 2.30. The van der Waals surface area contributed by atoms with E-state index < -0.39 is 12.7 Å². The topological polar surface area (TPSA) is 28.2 Å². The normalized spacial score (nSPS) is 12.5. The maximum Gasteiger partial charge on any atom is 0.405 e. The Bertz CT molecular complexity index is 439. The van der Waals surface area contributed by atoms with E-state index >= 15 is 0 Å². The van der Waals surface area contributed by atoms with Gasteiger partial charge in [0.2, 0.25) is 0 Å². The predicted molar refractivity (Wildman–Crippen MR) is 79.4 cm³/mol. The van der Waals surface area contributed by atoms with Gasteiger partial charge in [-0.05, 0) is 39.3 Å². The van der Waals surface area contributed by atoms with Crippen LogP contribution in [0.1, 0.15) is 39.8 Å². The first-order valence-corrected chi connectivity index (χ1v) is 7.12. The van der Waals surface area contributed by atoms with E-state index in [0.717, 1.165) is 5.69 Å². The van der Waals surface area contributed by atoms with Crippen molar-refractivity contribution in [2.45, 2.75) is 52.4 Å². The van der Waals surface area contributed by atoms with E-state index in [-0.39, 0.29) is 5.54 Å². The molecule has 0 saturated carbocycles. The largest absolute Gasteiger partial charge is 0.405 e. The van der Waals surface area contributed by atoms with Crippen molar-refractivity contribution < 1.29 is 13.2 Å². The van der Waals surface area contributed by atoms with Crippen LogP contribution in [0.2, 0.25) is 0 Å². The summed E-state index contributed by atoms with van der Waals surface area (Å²) >= 11 is 0. The zero-order valence-electron chi connectivity index (χ0n) is 13.1. The molecule has 6 heteroatoms. The highest BCUT2D eigenvalue weighted by molar-refractivity contribution is 5.46. The Morgan fingerprint density at radius 1 is 1.24 bits per heavy atom. The zero-order chi connectivity index (χ0) is 16.1. The number of rotatable bonds is 6. The van der Waals surface area contributed by atoms with Gasteiger partial charge in [-0.1, -0.05) is 6.92 Å². The predicted octanol–water partition coefficient (Wildman–Crippen LogP) is 3.75. The quantitative estimate of drug-likeness (QED) is 0.867. The number of aromatic nitrogens is 1. The molecule has 0 bridgehead atoms. The molecule has 0 amide bonds. The SMILES string of the molecule is CCCN(CC(F)(F)F)c1ccnc(CNC(C)(C)C)c1. The molecule has 21 heavy (non-hydrogen) atoms. The molecule has 3 nitrogen and oxygen atoms in total. The molecule has 0 fully saturated rings. The highest BCUT2D eigenvalue weighted by atomic mass is 19.4. The van der Waals surface area contributed by atoms with Gasteiger partial charge in [0.1, 0.15) is 6.54 Å². The molecule has 1 N–H and O–H groups in total. The van der Waals surface area contributed by atoms with Crippen molar-refractivity contribution in [3.63, 3.8) is 0 Å². The molecular weight excluding hydrogens is 279 g/mol. The van der Waals surface area contributed by atoms with E-state index in [1.54, 1.807) is 18.3 Å². The summed E-state index contributed by atoms with van der Waals surface area (Å²) in [6, 6.07) is 3.35. The molecule has 1 rings (SSSR count). The zero-order valence-corrected chi connectivity index (χ0v) is 13.1. The second-order valence-electron chi connectivity index (χ2n) is 6.15. The molecule has 0 spiro atoms. The van der Waals surface area contributed by atoms with Gasteiger partial charge in [-0.25, -0.2) is 0 Å². The van der Waals surface area contributed by atoms with E-state index in [4.69, 9.17) is 0 Å². The van der Waals surface area contributed by atoms with Crippen LogP contribution in [0.3, 0.4) is 0 Å². The minimum absolute atomic E-state index is 0.0627. The number of anilines is 1. The molecule has 0 aliphatic carbocycles. The monoisotopic (exact) mass is 303 g/mol. The molecule has 1 aromatic rings. The summed E-state index contributed by atoms with van der Waals surface area (Å²) in [7, 11) is 0. The highest BCUT2D eigenvalue weighted by Crippen LogP contribution is 2.22. The van der Waals surface area contributed by atoms with Crippen molar-refractivity contribution in [1.82, 2.24) is 10.3 Å². The van der Waals surface area contributed by atoms with Gasteiger partial charge < -0.3 is 10.2 Å². The van der Waals surface area contributed by atoms with Crippen molar-refractivity contribution in [1.29, 1.82) is 0 Å². The molecule has 1 heterocycles. The fraction of sp³-hybridized carbons (Fsp3) is 0.667. The molecule has 0 aliphatic heterocycles. The van der Waals surface area contributed by atoms with E-state index in [1.165, 1.54) is 4.90 Å². The van der Waals surface area contributed by atoms with Crippen LogP contribution in [-0.2, 0) is 6.54 Å². The molecule has 0 aliphatic rings. The Kier molecular flexibility index (Phi) is 6.01. The first kappa shape index (κ1) is 17.8. The van der Waals surface area contributed by atoms with Gasteiger partial charge >= 0.3 is 6.18 Å². The van der Waals surface area contributed by atoms with Crippen LogP contribution in [0, 0.1) is 0 Å². The van der Waals surface area contributed by atoms with Gasteiger partial charge in [0.15, 0.2) is 0 Å². The molecule has 0 radical (unpaired) electrons. The van der Waals surface area contributed by atoms with Crippen LogP contribution in [0.15, 0.2) is 18.3 Å². The van der Waals surface area contributed by atoms with Gasteiger partial charge in [-0.15, -0.1) is 0 Å². The third-order valence-corrected chi connectivity index (χ3v) is 2.83. The molecule has 0 atom stereocenters. The minimum atomic E-state index is -4.21. The number of alkyl halides is 3. The number of hydrogen-bond donors (Lipinski definition) is 1. The summed E-state index contributed by atoms with van der Waals surface area (Å²) in [5, 5.41) is 3.28.